The van der Waals surface area contributed by atoms with Crippen molar-refractivity contribution in [1.29, 1.82) is 0 Å². The van der Waals surface area contributed by atoms with Gasteiger partial charge < -0.3 is 19.4 Å². The number of carbonyl (C=O) groups is 1. The number of carbonyl (C=O) groups excluding carboxylic acids is 1. The van der Waals surface area contributed by atoms with Gasteiger partial charge in [0.05, 0.1) is 16.6 Å². The molecule has 6 heteroatoms. The van der Waals surface area contributed by atoms with Crippen molar-refractivity contribution < 1.29 is 18.7 Å². The van der Waals surface area contributed by atoms with Gasteiger partial charge in [0.25, 0.3) is 0 Å². The molecule has 2 aromatic carbocycles. The molecule has 1 N–H and O–H groups in total. The summed E-state index contributed by atoms with van der Waals surface area (Å²) in [6.07, 6.45) is 1.45. The molecule has 162 valence electrons. The lowest BCUT2D eigenvalue weighted by molar-refractivity contribution is -0.118. The fourth-order valence-corrected chi connectivity index (χ4v) is 4.55. The van der Waals surface area contributed by atoms with E-state index in [4.69, 9.17) is 9.47 Å². The smallest absolute Gasteiger partial charge is 0.235 e. The largest absolute Gasteiger partial charge is 0.454 e. The second kappa shape index (κ2) is 6.74. The third-order valence-corrected chi connectivity index (χ3v) is 6.43. The number of hydrogen-bond donors (Lipinski definition) is 1. The van der Waals surface area contributed by atoms with E-state index < -0.39 is 11.2 Å². The number of aryl methyl sites for hydroxylation is 1. The summed E-state index contributed by atoms with van der Waals surface area (Å²) in [5.41, 5.74) is 2.38. The van der Waals surface area contributed by atoms with Crippen molar-refractivity contribution in [1.82, 2.24) is 4.57 Å². The monoisotopic (exact) mass is 422 g/mol. The standard InChI is InChI=1S/C25H27FN2O3/c1-5-28-19-13-17(26)18(10-15(19)11-22(28)24(2,3)4)27-23(29)25(8-9-25)16-6-7-20-21(12-16)31-14-30-20/h6-7,10-13H,5,8-9,14H2,1-4H3,(H,27,29). The van der Waals surface area contributed by atoms with Crippen LogP contribution >= 0.6 is 0 Å². The van der Waals surface area contributed by atoms with Gasteiger partial charge in [0.2, 0.25) is 12.7 Å². The molecule has 1 fully saturated rings. The Bertz CT molecular complexity index is 1200. The highest BCUT2D eigenvalue weighted by atomic mass is 19.1. The topological polar surface area (TPSA) is 52.5 Å². The summed E-state index contributed by atoms with van der Waals surface area (Å²) < 4.78 is 28.0. The summed E-state index contributed by atoms with van der Waals surface area (Å²) in [5.74, 6) is 0.734. The zero-order valence-corrected chi connectivity index (χ0v) is 18.3. The van der Waals surface area contributed by atoms with Crippen LogP contribution in [-0.4, -0.2) is 17.3 Å². The first-order valence-corrected chi connectivity index (χ1v) is 10.8. The first kappa shape index (κ1) is 19.9. The Hall–Kier alpha value is -3.02. The van der Waals surface area contributed by atoms with Gasteiger partial charge in [-0.25, -0.2) is 4.39 Å². The number of aromatic nitrogens is 1. The minimum Gasteiger partial charge on any atom is -0.454 e. The molecule has 2 heterocycles. The van der Waals surface area contributed by atoms with Crippen LogP contribution in [0.2, 0.25) is 0 Å². The highest BCUT2D eigenvalue weighted by molar-refractivity contribution is 6.02. The molecular weight excluding hydrogens is 395 g/mol. The van der Waals surface area contributed by atoms with Crippen LogP contribution in [0.5, 0.6) is 11.5 Å². The second-order valence-corrected chi connectivity index (χ2v) is 9.52. The molecule has 1 amide bonds. The van der Waals surface area contributed by atoms with E-state index in [0.717, 1.165) is 41.5 Å². The molecule has 0 spiro atoms. The van der Waals surface area contributed by atoms with E-state index in [-0.39, 0.29) is 23.8 Å². The molecule has 1 saturated carbocycles. The highest BCUT2D eigenvalue weighted by Crippen LogP contribution is 2.51. The van der Waals surface area contributed by atoms with E-state index in [9.17, 15) is 4.79 Å². The molecule has 0 saturated heterocycles. The Kier molecular flexibility index (Phi) is 4.33. The predicted molar refractivity (Wildman–Crippen MR) is 118 cm³/mol. The van der Waals surface area contributed by atoms with Crippen LogP contribution in [0.4, 0.5) is 10.1 Å². The van der Waals surface area contributed by atoms with E-state index >= 15 is 4.39 Å². The van der Waals surface area contributed by atoms with Crippen LogP contribution in [0.25, 0.3) is 10.9 Å². The Labute approximate surface area is 181 Å². The molecule has 5 nitrogen and oxygen atoms in total. The summed E-state index contributed by atoms with van der Waals surface area (Å²) in [5, 5.41) is 3.79. The number of nitrogens with one attached hydrogen (secondary N) is 1. The van der Waals surface area contributed by atoms with Gasteiger partial charge in [-0.05, 0) is 49.6 Å². The SMILES string of the molecule is CCn1c(C(C)(C)C)cc2cc(NC(=O)C3(c4ccc5c(c4)OCO5)CC3)c(F)cc21. The molecule has 1 aromatic heterocycles. The van der Waals surface area contributed by atoms with Crippen LogP contribution in [0.3, 0.4) is 0 Å². The van der Waals surface area contributed by atoms with Crippen molar-refractivity contribution >= 4 is 22.5 Å². The first-order valence-electron chi connectivity index (χ1n) is 10.8. The fourth-order valence-electron chi connectivity index (χ4n) is 4.55. The maximum absolute atomic E-state index is 15.0. The average molecular weight is 423 g/mol. The summed E-state index contributed by atoms with van der Waals surface area (Å²) >= 11 is 0. The van der Waals surface area contributed by atoms with Crippen LogP contribution in [0.15, 0.2) is 36.4 Å². The number of halogens is 1. The summed E-state index contributed by atoms with van der Waals surface area (Å²) in [6.45, 7) is 9.45. The number of fused-ring (bicyclic) bond motifs is 2. The lowest BCUT2D eigenvalue weighted by Gasteiger charge is -2.21. The predicted octanol–water partition coefficient (Wildman–Crippen LogP) is 5.50. The maximum atomic E-state index is 15.0. The minimum absolute atomic E-state index is 0.0632. The lowest BCUT2D eigenvalue weighted by atomic mass is 9.92. The first-order chi connectivity index (χ1) is 14.7. The number of benzene rings is 2. The van der Waals surface area contributed by atoms with Gasteiger partial charge in [0.15, 0.2) is 11.5 Å². The van der Waals surface area contributed by atoms with Crippen LogP contribution in [-0.2, 0) is 22.2 Å². The van der Waals surface area contributed by atoms with Gasteiger partial charge in [0, 0.05) is 29.1 Å². The second-order valence-electron chi connectivity index (χ2n) is 9.52. The van der Waals surface area contributed by atoms with E-state index in [2.05, 4.69) is 43.6 Å². The van der Waals surface area contributed by atoms with Crippen molar-refractivity contribution in [2.24, 2.45) is 0 Å². The molecular formula is C25H27FN2O3. The number of anilines is 1. The Morgan fingerprint density at radius 3 is 2.55 bits per heavy atom. The Balaban J connectivity index is 1.47. The molecule has 0 atom stereocenters. The van der Waals surface area contributed by atoms with Gasteiger partial charge in [0.1, 0.15) is 5.82 Å². The zero-order chi connectivity index (χ0) is 22.0. The molecule has 1 aliphatic carbocycles. The molecule has 2 aliphatic rings. The highest BCUT2D eigenvalue weighted by Gasteiger charge is 2.51. The van der Waals surface area contributed by atoms with Crippen LogP contribution in [0.1, 0.15) is 51.8 Å². The van der Waals surface area contributed by atoms with Crippen molar-refractivity contribution in [3.63, 3.8) is 0 Å². The number of rotatable bonds is 4. The molecule has 0 unspecified atom stereocenters. The third-order valence-electron chi connectivity index (χ3n) is 6.43. The summed E-state index contributed by atoms with van der Waals surface area (Å²) in [6, 6.07) is 11.0. The van der Waals surface area contributed by atoms with Gasteiger partial charge in [-0.2, -0.15) is 0 Å². The van der Waals surface area contributed by atoms with Gasteiger partial charge in [-0.15, -0.1) is 0 Å². The van der Waals surface area contributed by atoms with Crippen LogP contribution in [0, 0.1) is 5.82 Å². The maximum Gasteiger partial charge on any atom is 0.235 e. The van der Waals surface area contributed by atoms with Crippen molar-refractivity contribution in [3.05, 3.63) is 53.5 Å². The Morgan fingerprint density at radius 2 is 1.87 bits per heavy atom. The van der Waals surface area contributed by atoms with Crippen molar-refractivity contribution in [2.75, 3.05) is 12.1 Å². The quantitative estimate of drug-likeness (QED) is 0.604. The zero-order valence-electron chi connectivity index (χ0n) is 18.3. The molecule has 3 aromatic rings. The normalized spacial score (nSPS) is 16.5. The van der Waals surface area contributed by atoms with Gasteiger partial charge in [-0.1, -0.05) is 26.8 Å². The number of amides is 1. The molecule has 5 rings (SSSR count). The van der Waals surface area contributed by atoms with E-state index in [1.165, 1.54) is 6.07 Å². The number of hydrogen-bond acceptors (Lipinski definition) is 3. The fraction of sp³-hybridized carbons (Fsp3) is 0.400. The number of nitrogens with zero attached hydrogens (tertiary/aromatic N) is 1. The minimum atomic E-state index is -0.645. The summed E-state index contributed by atoms with van der Waals surface area (Å²) in [7, 11) is 0. The van der Waals surface area contributed by atoms with E-state index in [1.807, 2.05) is 18.2 Å². The van der Waals surface area contributed by atoms with Crippen molar-refractivity contribution in [3.8, 4) is 11.5 Å². The van der Waals surface area contributed by atoms with Crippen molar-refractivity contribution in [2.45, 2.75) is 57.9 Å². The molecule has 0 radical (unpaired) electrons. The van der Waals surface area contributed by atoms with Gasteiger partial charge in [-0.3, -0.25) is 4.79 Å². The van der Waals surface area contributed by atoms with E-state index in [1.54, 1.807) is 6.07 Å². The number of ether oxygens (including phenoxy) is 2. The Morgan fingerprint density at radius 1 is 1.13 bits per heavy atom. The summed E-state index contributed by atoms with van der Waals surface area (Å²) in [4.78, 5) is 13.2. The molecule has 31 heavy (non-hydrogen) atoms. The third kappa shape index (κ3) is 3.16. The van der Waals surface area contributed by atoms with Gasteiger partial charge >= 0.3 is 0 Å². The van der Waals surface area contributed by atoms with Crippen LogP contribution < -0.4 is 14.8 Å². The average Bonchev–Trinajstić information content (AvgIpc) is 3.26. The van der Waals surface area contributed by atoms with E-state index in [0.29, 0.717) is 11.5 Å². The molecule has 1 aliphatic heterocycles. The molecule has 0 bridgehead atoms. The lowest BCUT2D eigenvalue weighted by Crippen LogP contribution is -2.28.